The van der Waals surface area contributed by atoms with E-state index in [1.165, 1.54) is 0 Å². The normalized spacial score (nSPS) is 11.0. The van der Waals surface area contributed by atoms with E-state index in [2.05, 4.69) is 9.97 Å². The highest BCUT2D eigenvalue weighted by Crippen LogP contribution is 2.20. The van der Waals surface area contributed by atoms with E-state index in [0.29, 0.717) is 6.42 Å². The van der Waals surface area contributed by atoms with Crippen molar-refractivity contribution in [2.24, 2.45) is 0 Å². The van der Waals surface area contributed by atoms with Crippen LogP contribution in [0.3, 0.4) is 0 Å². The lowest BCUT2D eigenvalue weighted by molar-refractivity contribution is 0.0991. The van der Waals surface area contributed by atoms with Gasteiger partial charge in [0.25, 0.3) is 0 Å². The summed E-state index contributed by atoms with van der Waals surface area (Å²) in [5.41, 5.74) is 2.44. The Balaban J connectivity index is 2.02. The van der Waals surface area contributed by atoms with Gasteiger partial charge in [-0.1, -0.05) is 18.2 Å². The number of carbonyl (C=O) groups excluding carboxylic acids is 1. The molecule has 0 radical (unpaired) electrons. The quantitative estimate of drug-likeness (QED) is 0.689. The number of hydrogen-bond donors (Lipinski definition) is 0. The number of Topliss-reactive ketones (excluding diaryl/α,β-unsaturated/α-hetero) is 1. The van der Waals surface area contributed by atoms with Crippen LogP contribution in [0.1, 0.15) is 28.8 Å². The second-order valence-electron chi connectivity index (χ2n) is 5.06. The van der Waals surface area contributed by atoms with Gasteiger partial charge >= 0.3 is 0 Å². The maximum absolute atomic E-state index is 12.7. The summed E-state index contributed by atoms with van der Waals surface area (Å²) < 4.78 is 1.99. The van der Waals surface area contributed by atoms with Gasteiger partial charge < -0.3 is 4.57 Å². The lowest BCUT2D eigenvalue weighted by Gasteiger charge is -2.08. The molecule has 21 heavy (non-hydrogen) atoms. The summed E-state index contributed by atoms with van der Waals surface area (Å²) in [5, 5.41) is 0.905. The molecule has 4 heteroatoms. The van der Waals surface area contributed by atoms with E-state index in [0.717, 1.165) is 34.5 Å². The first-order valence-electron chi connectivity index (χ1n) is 7.08. The number of carbonyl (C=O) groups is 1. The molecule has 1 aromatic carbocycles. The van der Waals surface area contributed by atoms with Gasteiger partial charge in [-0.2, -0.15) is 0 Å². The number of pyridine rings is 1. The van der Waals surface area contributed by atoms with E-state index < -0.39 is 0 Å². The summed E-state index contributed by atoms with van der Waals surface area (Å²) in [6.45, 7) is 4.77. The van der Waals surface area contributed by atoms with E-state index in [-0.39, 0.29) is 5.78 Å². The first kappa shape index (κ1) is 13.5. The molecule has 0 aliphatic heterocycles. The number of benzene rings is 1. The van der Waals surface area contributed by atoms with Crippen molar-refractivity contribution in [1.29, 1.82) is 0 Å². The highest BCUT2D eigenvalue weighted by Gasteiger charge is 2.14. The van der Waals surface area contributed by atoms with Crippen LogP contribution in [0.15, 0.2) is 42.7 Å². The summed E-state index contributed by atoms with van der Waals surface area (Å²) in [4.78, 5) is 21.4. The van der Waals surface area contributed by atoms with Crippen molar-refractivity contribution in [1.82, 2.24) is 14.5 Å². The molecule has 0 spiro atoms. The molecular weight excluding hydrogens is 262 g/mol. The number of aryl methyl sites for hydroxylation is 2. The Morgan fingerprint density at radius 1 is 1.29 bits per heavy atom. The van der Waals surface area contributed by atoms with Gasteiger partial charge in [0.2, 0.25) is 0 Å². The van der Waals surface area contributed by atoms with Crippen molar-refractivity contribution < 1.29 is 4.79 Å². The van der Waals surface area contributed by atoms with Crippen molar-refractivity contribution >= 4 is 16.7 Å². The van der Waals surface area contributed by atoms with Crippen molar-refractivity contribution in [2.75, 3.05) is 0 Å². The van der Waals surface area contributed by atoms with Gasteiger partial charge in [-0.05, 0) is 26.0 Å². The Bertz CT molecular complexity index is 805. The molecule has 106 valence electrons. The van der Waals surface area contributed by atoms with E-state index >= 15 is 0 Å². The van der Waals surface area contributed by atoms with Gasteiger partial charge in [0.15, 0.2) is 5.78 Å². The Morgan fingerprint density at radius 2 is 2.10 bits per heavy atom. The fourth-order valence-corrected chi connectivity index (χ4v) is 2.57. The first-order valence-corrected chi connectivity index (χ1v) is 7.08. The SMILES string of the molecule is CCn1ccnc1CC(=O)c1cc(C)nc2ccccc12. The highest BCUT2D eigenvalue weighted by molar-refractivity contribution is 6.07. The number of fused-ring (bicyclic) bond motifs is 1. The second-order valence-corrected chi connectivity index (χ2v) is 5.06. The molecule has 0 saturated carbocycles. The molecule has 3 rings (SSSR count). The molecule has 4 nitrogen and oxygen atoms in total. The average Bonchev–Trinajstić information content (AvgIpc) is 2.93. The lowest BCUT2D eigenvalue weighted by atomic mass is 10.0. The maximum atomic E-state index is 12.7. The fourth-order valence-electron chi connectivity index (χ4n) is 2.57. The lowest BCUT2D eigenvalue weighted by Crippen LogP contribution is -2.10. The van der Waals surface area contributed by atoms with Gasteiger partial charge in [-0.15, -0.1) is 0 Å². The zero-order valence-electron chi connectivity index (χ0n) is 12.2. The van der Waals surface area contributed by atoms with Crippen LogP contribution < -0.4 is 0 Å². The summed E-state index contributed by atoms with van der Waals surface area (Å²) in [7, 11) is 0. The van der Waals surface area contributed by atoms with Gasteiger partial charge in [0.05, 0.1) is 11.9 Å². The van der Waals surface area contributed by atoms with Crippen LogP contribution in [0.4, 0.5) is 0 Å². The Hall–Kier alpha value is -2.49. The van der Waals surface area contributed by atoms with Crippen molar-refractivity contribution in [2.45, 2.75) is 26.8 Å². The molecule has 0 aliphatic rings. The van der Waals surface area contributed by atoms with Gasteiger partial charge in [-0.3, -0.25) is 9.78 Å². The Kier molecular flexibility index (Phi) is 3.52. The molecule has 0 unspecified atom stereocenters. The molecule has 0 fully saturated rings. The molecule has 0 bridgehead atoms. The van der Waals surface area contributed by atoms with Gasteiger partial charge in [-0.25, -0.2) is 4.98 Å². The van der Waals surface area contributed by atoms with Crippen molar-refractivity contribution in [3.63, 3.8) is 0 Å². The first-order chi connectivity index (χ1) is 10.2. The maximum Gasteiger partial charge on any atom is 0.171 e. The van der Waals surface area contributed by atoms with Gasteiger partial charge in [0, 0.05) is 35.6 Å². The summed E-state index contributed by atoms with van der Waals surface area (Å²) in [5.74, 6) is 0.888. The largest absolute Gasteiger partial charge is 0.335 e. The third-order valence-electron chi connectivity index (χ3n) is 3.61. The van der Waals surface area contributed by atoms with E-state index in [1.54, 1.807) is 6.20 Å². The number of hydrogen-bond acceptors (Lipinski definition) is 3. The molecule has 0 N–H and O–H groups in total. The zero-order valence-corrected chi connectivity index (χ0v) is 12.2. The monoisotopic (exact) mass is 279 g/mol. The minimum absolute atomic E-state index is 0.0811. The highest BCUT2D eigenvalue weighted by atomic mass is 16.1. The standard InChI is InChI=1S/C17H17N3O/c1-3-20-9-8-18-17(20)11-16(21)14-10-12(2)19-15-7-5-4-6-13(14)15/h4-10H,3,11H2,1-2H3. The fraction of sp³-hybridized carbons (Fsp3) is 0.235. The minimum Gasteiger partial charge on any atom is -0.335 e. The third kappa shape index (κ3) is 2.57. The molecule has 0 saturated heterocycles. The predicted octanol–water partition coefficient (Wildman–Crippen LogP) is 3.19. The Labute approximate surface area is 123 Å². The zero-order chi connectivity index (χ0) is 14.8. The summed E-state index contributed by atoms with van der Waals surface area (Å²) >= 11 is 0. The number of rotatable bonds is 4. The number of imidazole rings is 1. The van der Waals surface area contributed by atoms with Crippen LogP contribution in [0.5, 0.6) is 0 Å². The molecule has 0 atom stereocenters. The smallest absolute Gasteiger partial charge is 0.171 e. The molecule has 2 aromatic heterocycles. The molecule has 3 aromatic rings. The number of aromatic nitrogens is 3. The van der Waals surface area contributed by atoms with Crippen molar-refractivity contribution in [3.8, 4) is 0 Å². The van der Waals surface area contributed by atoms with Crippen LogP contribution >= 0.6 is 0 Å². The summed E-state index contributed by atoms with van der Waals surface area (Å²) in [6.07, 6.45) is 3.95. The Morgan fingerprint density at radius 3 is 2.90 bits per heavy atom. The molecule has 0 amide bonds. The van der Waals surface area contributed by atoms with E-state index in [9.17, 15) is 4.79 Å². The van der Waals surface area contributed by atoms with E-state index in [4.69, 9.17) is 0 Å². The second kappa shape index (κ2) is 5.48. The number of nitrogens with zero attached hydrogens (tertiary/aromatic N) is 3. The van der Waals surface area contributed by atoms with E-state index in [1.807, 2.05) is 54.9 Å². The van der Waals surface area contributed by atoms with Crippen LogP contribution in [-0.4, -0.2) is 20.3 Å². The van der Waals surface area contributed by atoms with Crippen LogP contribution in [-0.2, 0) is 13.0 Å². The number of para-hydroxylation sites is 1. The number of ketones is 1. The predicted molar refractivity (Wildman–Crippen MR) is 82.4 cm³/mol. The minimum atomic E-state index is 0.0811. The average molecular weight is 279 g/mol. The van der Waals surface area contributed by atoms with Crippen LogP contribution in [0.2, 0.25) is 0 Å². The van der Waals surface area contributed by atoms with Gasteiger partial charge in [0.1, 0.15) is 5.82 Å². The molecular formula is C17H17N3O. The third-order valence-corrected chi connectivity index (χ3v) is 3.61. The molecule has 2 heterocycles. The van der Waals surface area contributed by atoms with Crippen LogP contribution in [0.25, 0.3) is 10.9 Å². The topological polar surface area (TPSA) is 47.8 Å². The van der Waals surface area contributed by atoms with Crippen molar-refractivity contribution in [3.05, 3.63) is 59.8 Å². The summed E-state index contributed by atoms with van der Waals surface area (Å²) in [6, 6.07) is 9.62. The molecule has 0 aliphatic carbocycles. The van der Waals surface area contributed by atoms with Crippen LogP contribution in [0, 0.1) is 6.92 Å².